The summed E-state index contributed by atoms with van der Waals surface area (Å²) in [5.41, 5.74) is 0. The fourth-order valence-corrected chi connectivity index (χ4v) is 3.91. The Morgan fingerprint density at radius 1 is 0.481 bits per heavy atom. The zero-order chi connectivity index (χ0) is 20.0. The minimum absolute atomic E-state index is 0.490. The Morgan fingerprint density at radius 2 is 0.852 bits per heavy atom. The summed E-state index contributed by atoms with van der Waals surface area (Å²) in [7, 11) is 0. The van der Waals surface area contributed by atoms with Crippen LogP contribution in [0.25, 0.3) is 0 Å². The molecule has 164 valence electrons. The van der Waals surface area contributed by atoms with Crippen LogP contribution in [0.5, 0.6) is 0 Å². The molecule has 0 aliphatic rings. The summed E-state index contributed by atoms with van der Waals surface area (Å²) in [6.45, 7) is 10.2. The van der Waals surface area contributed by atoms with Crippen molar-refractivity contribution in [3.63, 3.8) is 0 Å². The second-order valence-electron chi connectivity index (χ2n) is 9.10. The van der Waals surface area contributed by atoms with Crippen LogP contribution in [0.4, 0.5) is 0 Å². The molecule has 0 rings (SSSR count). The van der Waals surface area contributed by atoms with Crippen molar-refractivity contribution in [2.24, 2.45) is 5.92 Å². The van der Waals surface area contributed by atoms with Crippen LogP contribution in [0.2, 0.25) is 0 Å². The highest BCUT2D eigenvalue weighted by Gasteiger charge is 2.13. The van der Waals surface area contributed by atoms with Crippen molar-refractivity contribution >= 4 is 0 Å². The first-order chi connectivity index (χ1) is 13.2. The summed E-state index contributed by atoms with van der Waals surface area (Å²) in [5.74, 6) is 0.665. The predicted octanol–water partition coefficient (Wildman–Crippen LogP) is 9.48. The third-order valence-electron chi connectivity index (χ3n) is 5.92. The van der Waals surface area contributed by atoms with Crippen molar-refractivity contribution in [3.8, 4) is 0 Å². The number of ether oxygens (including phenoxy) is 1. The van der Waals surface area contributed by atoms with Crippen molar-refractivity contribution in [3.05, 3.63) is 0 Å². The molecule has 0 aromatic rings. The minimum Gasteiger partial charge on any atom is -0.378 e. The molecule has 1 atom stereocenters. The highest BCUT2D eigenvalue weighted by Crippen LogP contribution is 2.17. The molecule has 0 aliphatic heterocycles. The lowest BCUT2D eigenvalue weighted by Gasteiger charge is -2.21. The SMILES string of the molecule is CCCCCCCCCCCCCOC(CCCCCCCCC)C(C)C. The normalized spacial score (nSPS) is 12.8. The molecule has 1 nitrogen and oxygen atoms in total. The highest BCUT2D eigenvalue weighted by molar-refractivity contribution is 4.63. The molecule has 27 heavy (non-hydrogen) atoms. The lowest BCUT2D eigenvalue weighted by molar-refractivity contribution is 0.0131. The van der Waals surface area contributed by atoms with E-state index in [-0.39, 0.29) is 0 Å². The zero-order valence-electron chi connectivity index (χ0n) is 19.7. The molecule has 0 saturated heterocycles. The smallest absolute Gasteiger partial charge is 0.0598 e. The van der Waals surface area contributed by atoms with Crippen LogP contribution in [0, 0.1) is 5.92 Å². The van der Waals surface area contributed by atoms with Crippen molar-refractivity contribution in [1.82, 2.24) is 0 Å². The second-order valence-corrected chi connectivity index (χ2v) is 9.10. The van der Waals surface area contributed by atoms with E-state index in [1.54, 1.807) is 0 Å². The van der Waals surface area contributed by atoms with Crippen molar-refractivity contribution in [1.29, 1.82) is 0 Å². The maximum absolute atomic E-state index is 6.23. The van der Waals surface area contributed by atoms with Gasteiger partial charge in [0.25, 0.3) is 0 Å². The first-order valence-corrected chi connectivity index (χ1v) is 12.8. The Balaban J connectivity index is 3.41. The van der Waals surface area contributed by atoms with E-state index in [1.807, 2.05) is 0 Å². The van der Waals surface area contributed by atoms with E-state index in [4.69, 9.17) is 4.74 Å². The van der Waals surface area contributed by atoms with E-state index in [1.165, 1.54) is 122 Å². The molecule has 0 radical (unpaired) electrons. The first kappa shape index (κ1) is 27.0. The van der Waals surface area contributed by atoms with E-state index >= 15 is 0 Å². The second kappa shape index (κ2) is 22.3. The Morgan fingerprint density at radius 3 is 1.26 bits per heavy atom. The van der Waals surface area contributed by atoms with Gasteiger partial charge in [-0.05, 0) is 18.8 Å². The summed E-state index contributed by atoms with van der Waals surface area (Å²) < 4.78 is 6.23. The summed E-state index contributed by atoms with van der Waals surface area (Å²) >= 11 is 0. The first-order valence-electron chi connectivity index (χ1n) is 12.8. The van der Waals surface area contributed by atoms with Crippen molar-refractivity contribution in [2.45, 2.75) is 156 Å². The minimum atomic E-state index is 0.490. The quantitative estimate of drug-likeness (QED) is 0.169. The average Bonchev–Trinajstić information content (AvgIpc) is 2.66. The van der Waals surface area contributed by atoms with E-state index in [0.29, 0.717) is 12.0 Å². The maximum Gasteiger partial charge on any atom is 0.0598 e. The molecular weight excluding hydrogens is 328 g/mol. The summed E-state index contributed by atoms with van der Waals surface area (Å²) in [6.07, 6.45) is 27.1. The molecule has 0 spiro atoms. The van der Waals surface area contributed by atoms with Gasteiger partial charge in [-0.1, -0.05) is 137 Å². The predicted molar refractivity (Wildman–Crippen MR) is 124 cm³/mol. The van der Waals surface area contributed by atoms with Crippen molar-refractivity contribution in [2.75, 3.05) is 6.61 Å². The van der Waals surface area contributed by atoms with E-state index < -0.39 is 0 Å². The van der Waals surface area contributed by atoms with Gasteiger partial charge in [-0.15, -0.1) is 0 Å². The fourth-order valence-electron chi connectivity index (χ4n) is 3.91. The topological polar surface area (TPSA) is 9.23 Å². The van der Waals surface area contributed by atoms with Gasteiger partial charge in [0, 0.05) is 6.61 Å². The van der Waals surface area contributed by atoms with Gasteiger partial charge in [-0.2, -0.15) is 0 Å². The number of unbranched alkanes of at least 4 members (excludes halogenated alkanes) is 16. The maximum atomic E-state index is 6.23. The molecule has 0 bridgehead atoms. The molecular formula is C26H54O. The summed E-state index contributed by atoms with van der Waals surface area (Å²) in [5, 5.41) is 0. The van der Waals surface area contributed by atoms with Gasteiger partial charge in [0.1, 0.15) is 0 Å². The van der Waals surface area contributed by atoms with E-state index in [2.05, 4.69) is 27.7 Å². The molecule has 0 saturated carbocycles. The molecule has 0 aromatic heterocycles. The molecule has 0 heterocycles. The average molecular weight is 383 g/mol. The Bertz CT molecular complexity index is 261. The van der Waals surface area contributed by atoms with E-state index in [0.717, 1.165) is 6.61 Å². The molecule has 0 fully saturated rings. The Labute approximate surface area is 173 Å². The third-order valence-corrected chi connectivity index (χ3v) is 5.92. The monoisotopic (exact) mass is 382 g/mol. The molecule has 1 unspecified atom stereocenters. The van der Waals surface area contributed by atoms with Crippen LogP contribution in [0.1, 0.15) is 150 Å². The van der Waals surface area contributed by atoms with Crippen LogP contribution in [0.3, 0.4) is 0 Å². The molecule has 1 heteroatoms. The third kappa shape index (κ3) is 20.5. The standard InChI is InChI=1S/C26H54O/c1-5-7-9-11-13-14-15-16-18-20-22-24-27-26(25(3)4)23-21-19-17-12-10-8-6-2/h25-26H,5-24H2,1-4H3. The van der Waals surface area contributed by atoms with Crippen molar-refractivity contribution < 1.29 is 4.74 Å². The van der Waals surface area contributed by atoms with Crippen LogP contribution in [-0.4, -0.2) is 12.7 Å². The van der Waals surface area contributed by atoms with Gasteiger partial charge in [0.05, 0.1) is 6.10 Å². The van der Waals surface area contributed by atoms with E-state index in [9.17, 15) is 0 Å². The molecule has 0 aliphatic carbocycles. The summed E-state index contributed by atoms with van der Waals surface area (Å²) in [6, 6.07) is 0. The highest BCUT2D eigenvalue weighted by atomic mass is 16.5. The van der Waals surface area contributed by atoms with Gasteiger partial charge in [0.2, 0.25) is 0 Å². The lowest BCUT2D eigenvalue weighted by atomic mass is 9.99. The molecule has 0 N–H and O–H groups in total. The largest absolute Gasteiger partial charge is 0.378 e. The van der Waals surface area contributed by atoms with Gasteiger partial charge >= 0.3 is 0 Å². The van der Waals surface area contributed by atoms with Crippen LogP contribution < -0.4 is 0 Å². The van der Waals surface area contributed by atoms with Gasteiger partial charge in [0.15, 0.2) is 0 Å². The zero-order valence-corrected chi connectivity index (χ0v) is 19.7. The van der Waals surface area contributed by atoms with Crippen LogP contribution in [-0.2, 0) is 4.74 Å². The van der Waals surface area contributed by atoms with Gasteiger partial charge in [-0.3, -0.25) is 0 Å². The molecule has 0 amide bonds. The van der Waals surface area contributed by atoms with Gasteiger partial charge in [-0.25, -0.2) is 0 Å². The Hall–Kier alpha value is -0.0400. The Kier molecular flexibility index (Phi) is 22.2. The summed E-state index contributed by atoms with van der Waals surface area (Å²) in [4.78, 5) is 0. The lowest BCUT2D eigenvalue weighted by Crippen LogP contribution is -2.20. The number of hydrogen-bond acceptors (Lipinski definition) is 1. The fraction of sp³-hybridized carbons (Fsp3) is 1.00. The van der Waals surface area contributed by atoms with Crippen LogP contribution in [0.15, 0.2) is 0 Å². The van der Waals surface area contributed by atoms with Crippen LogP contribution >= 0.6 is 0 Å². The van der Waals surface area contributed by atoms with Gasteiger partial charge < -0.3 is 4.74 Å². The number of hydrogen-bond donors (Lipinski definition) is 0. The number of rotatable bonds is 22. The molecule has 0 aromatic carbocycles.